The highest BCUT2D eigenvalue weighted by Crippen LogP contribution is 2.28. The van der Waals surface area contributed by atoms with Gasteiger partial charge >= 0.3 is 0 Å². The molecule has 1 fully saturated rings. The van der Waals surface area contributed by atoms with Crippen LogP contribution in [0.3, 0.4) is 0 Å². The summed E-state index contributed by atoms with van der Waals surface area (Å²) < 4.78 is 41.0. The summed E-state index contributed by atoms with van der Waals surface area (Å²) in [4.78, 5) is 11.5. The first kappa shape index (κ1) is 18.5. The van der Waals surface area contributed by atoms with Crippen LogP contribution >= 0.6 is 0 Å². The lowest BCUT2D eigenvalue weighted by molar-refractivity contribution is 0.384. The molecule has 1 aromatic heterocycles. The van der Waals surface area contributed by atoms with Gasteiger partial charge in [-0.1, -0.05) is 6.07 Å². The van der Waals surface area contributed by atoms with Crippen LogP contribution in [0.5, 0.6) is 0 Å². The first-order valence-corrected chi connectivity index (χ1v) is 10.6. The number of hydrogen-bond donors (Lipinski definition) is 0. The number of likely N-dealkylation sites (tertiary alicyclic amines) is 1. The Morgan fingerprint density at radius 1 is 1.26 bits per heavy atom. The maximum Gasteiger partial charge on any atom is 0.243 e. The molecule has 8 heteroatoms. The van der Waals surface area contributed by atoms with Crippen LogP contribution in [0.25, 0.3) is 0 Å². The van der Waals surface area contributed by atoms with E-state index in [9.17, 15) is 12.8 Å². The average molecular weight is 390 g/mol. The Hall–Kier alpha value is -1.90. The van der Waals surface area contributed by atoms with E-state index in [2.05, 4.69) is 16.9 Å². The van der Waals surface area contributed by atoms with Crippen molar-refractivity contribution in [3.8, 4) is 0 Å². The van der Waals surface area contributed by atoms with Crippen LogP contribution < -0.4 is 0 Å². The van der Waals surface area contributed by atoms with E-state index in [-0.39, 0.29) is 11.4 Å². The molecule has 2 aliphatic heterocycles. The molecule has 4 rings (SSSR count). The van der Waals surface area contributed by atoms with Gasteiger partial charge in [-0.2, -0.15) is 4.31 Å². The lowest BCUT2D eigenvalue weighted by Gasteiger charge is -2.28. The summed E-state index contributed by atoms with van der Waals surface area (Å²) >= 11 is 0. The average Bonchev–Trinajstić information content (AvgIpc) is 3.09. The Balaban J connectivity index is 1.56. The highest BCUT2D eigenvalue weighted by Gasteiger charge is 2.31. The third-order valence-electron chi connectivity index (χ3n) is 5.46. The van der Waals surface area contributed by atoms with Gasteiger partial charge < -0.3 is 4.90 Å². The minimum atomic E-state index is -3.75. The zero-order valence-corrected chi connectivity index (χ0v) is 16.3. The zero-order valence-electron chi connectivity index (χ0n) is 15.5. The van der Waals surface area contributed by atoms with E-state index in [4.69, 9.17) is 4.98 Å². The molecule has 0 amide bonds. The summed E-state index contributed by atoms with van der Waals surface area (Å²) in [5.41, 5.74) is 2.18. The number of aromatic nitrogens is 2. The summed E-state index contributed by atoms with van der Waals surface area (Å²) in [5.74, 6) is 0.690. The second kappa shape index (κ2) is 6.92. The lowest BCUT2D eigenvalue weighted by Crippen LogP contribution is -2.36. The van der Waals surface area contributed by atoms with Crippen LogP contribution in [0.4, 0.5) is 4.39 Å². The molecular weight excluding hydrogens is 367 g/mol. The van der Waals surface area contributed by atoms with E-state index in [1.54, 1.807) is 13.1 Å². The number of sulfonamides is 1. The highest BCUT2D eigenvalue weighted by molar-refractivity contribution is 7.89. The Morgan fingerprint density at radius 2 is 2.07 bits per heavy atom. The number of hydrogen-bond acceptors (Lipinski definition) is 5. The van der Waals surface area contributed by atoms with Gasteiger partial charge in [-0.15, -0.1) is 0 Å². The minimum absolute atomic E-state index is 0.0134. The number of fused-ring (bicyclic) bond motifs is 1. The molecule has 1 saturated heterocycles. The third kappa shape index (κ3) is 3.49. The number of rotatable bonds is 3. The quantitative estimate of drug-likeness (QED) is 0.803. The van der Waals surface area contributed by atoms with Crippen molar-refractivity contribution >= 4 is 10.0 Å². The monoisotopic (exact) mass is 390 g/mol. The number of benzene rings is 1. The van der Waals surface area contributed by atoms with Gasteiger partial charge in [0.25, 0.3) is 0 Å². The predicted octanol–water partition coefficient (Wildman–Crippen LogP) is 2.09. The van der Waals surface area contributed by atoms with Crippen LogP contribution in [-0.2, 0) is 23.0 Å². The van der Waals surface area contributed by atoms with Crippen LogP contribution in [-0.4, -0.2) is 54.3 Å². The predicted molar refractivity (Wildman–Crippen MR) is 99.3 cm³/mol. The second-order valence-corrected chi connectivity index (χ2v) is 9.39. The Kier molecular flexibility index (Phi) is 4.73. The summed E-state index contributed by atoms with van der Waals surface area (Å²) in [6.07, 6.45) is 3.35. The topological polar surface area (TPSA) is 66.4 Å². The molecule has 0 saturated carbocycles. The fraction of sp³-hybridized carbons (Fsp3) is 0.474. The number of halogens is 1. The van der Waals surface area contributed by atoms with Crippen molar-refractivity contribution in [1.29, 1.82) is 0 Å². The molecule has 2 aliphatic rings. The van der Waals surface area contributed by atoms with Gasteiger partial charge in [-0.25, -0.2) is 22.8 Å². The summed E-state index contributed by atoms with van der Waals surface area (Å²) in [5, 5.41) is 0. The Morgan fingerprint density at radius 3 is 2.78 bits per heavy atom. The largest absolute Gasteiger partial charge is 0.306 e. The number of nitrogens with zero attached hydrogens (tertiary/aromatic N) is 4. The van der Waals surface area contributed by atoms with E-state index in [1.807, 2.05) is 0 Å². The molecule has 144 valence electrons. The molecule has 0 unspecified atom stereocenters. The third-order valence-corrected chi connectivity index (χ3v) is 7.30. The molecule has 0 N–H and O–H groups in total. The smallest absolute Gasteiger partial charge is 0.243 e. The van der Waals surface area contributed by atoms with Crippen molar-refractivity contribution in [2.24, 2.45) is 0 Å². The number of likely N-dealkylation sites (N-methyl/N-ethyl adjacent to an activating group) is 1. The van der Waals surface area contributed by atoms with Gasteiger partial charge in [0.1, 0.15) is 11.6 Å². The molecule has 3 heterocycles. The van der Waals surface area contributed by atoms with E-state index in [0.717, 1.165) is 42.7 Å². The summed E-state index contributed by atoms with van der Waals surface area (Å²) in [6.45, 7) is 4.17. The van der Waals surface area contributed by atoms with E-state index in [1.165, 1.54) is 16.4 Å². The van der Waals surface area contributed by atoms with Crippen molar-refractivity contribution in [2.75, 3.05) is 26.7 Å². The molecule has 2 aromatic rings. The zero-order chi connectivity index (χ0) is 19.2. The van der Waals surface area contributed by atoms with Gasteiger partial charge in [0.2, 0.25) is 10.0 Å². The summed E-state index contributed by atoms with van der Waals surface area (Å²) in [7, 11) is -1.65. The molecular formula is C19H23FN4O2S. The molecule has 1 aromatic carbocycles. The lowest BCUT2D eigenvalue weighted by atomic mass is 10.1. The minimum Gasteiger partial charge on any atom is -0.306 e. The fourth-order valence-corrected chi connectivity index (χ4v) is 5.17. The maximum absolute atomic E-state index is 13.8. The molecule has 0 bridgehead atoms. The molecule has 1 atom stereocenters. The Labute approximate surface area is 159 Å². The van der Waals surface area contributed by atoms with E-state index < -0.39 is 15.8 Å². The van der Waals surface area contributed by atoms with Gasteiger partial charge in [0, 0.05) is 49.4 Å². The van der Waals surface area contributed by atoms with Gasteiger partial charge in [0.05, 0.1) is 4.90 Å². The number of aryl methyl sites for hydroxylation is 1. The molecule has 27 heavy (non-hydrogen) atoms. The highest BCUT2D eigenvalue weighted by atomic mass is 32.2. The van der Waals surface area contributed by atoms with Crippen LogP contribution in [0.1, 0.15) is 35.0 Å². The fourth-order valence-electron chi connectivity index (χ4n) is 3.74. The molecule has 0 radical (unpaired) electrons. The van der Waals surface area contributed by atoms with Crippen molar-refractivity contribution in [3.05, 3.63) is 52.9 Å². The van der Waals surface area contributed by atoms with E-state index in [0.29, 0.717) is 24.4 Å². The van der Waals surface area contributed by atoms with Crippen LogP contribution in [0, 0.1) is 12.7 Å². The molecule has 6 nitrogen and oxygen atoms in total. The Bertz CT molecular complexity index is 980. The van der Waals surface area contributed by atoms with Crippen molar-refractivity contribution < 1.29 is 12.8 Å². The van der Waals surface area contributed by atoms with E-state index >= 15 is 0 Å². The standard InChI is InChI=1S/C19H23FN4O2S/c1-13-3-4-16(9-17(13)20)27(25,26)24-8-6-18-15(12-24)10-21-19(22-18)14-5-7-23(2)11-14/h3-4,9-10,14H,5-8,11-12H2,1-2H3/t14-/m1/s1. The van der Waals surface area contributed by atoms with Crippen molar-refractivity contribution in [2.45, 2.75) is 37.1 Å². The first-order chi connectivity index (χ1) is 12.8. The van der Waals surface area contributed by atoms with Gasteiger partial charge in [-0.3, -0.25) is 0 Å². The maximum atomic E-state index is 13.8. The SMILES string of the molecule is Cc1ccc(S(=O)(=O)N2CCc3nc([C@@H]4CCN(C)C4)ncc3C2)cc1F. The summed E-state index contributed by atoms with van der Waals surface area (Å²) in [6, 6.07) is 4.05. The first-order valence-electron chi connectivity index (χ1n) is 9.14. The normalized spacial score (nSPS) is 21.4. The molecule has 0 spiro atoms. The van der Waals surface area contributed by atoms with Crippen LogP contribution in [0.2, 0.25) is 0 Å². The molecule has 0 aliphatic carbocycles. The van der Waals surface area contributed by atoms with Crippen LogP contribution in [0.15, 0.2) is 29.3 Å². The second-order valence-electron chi connectivity index (χ2n) is 7.45. The van der Waals surface area contributed by atoms with Gasteiger partial charge in [-0.05, 0) is 44.6 Å². The van der Waals surface area contributed by atoms with Crippen molar-refractivity contribution in [1.82, 2.24) is 19.2 Å². The van der Waals surface area contributed by atoms with Crippen molar-refractivity contribution in [3.63, 3.8) is 0 Å². The van der Waals surface area contributed by atoms with Gasteiger partial charge in [0.15, 0.2) is 0 Å².